The normalized spacial score (nSPS) is 12.6. The highest BCUT2D eigenvalue weighted by molar-refractivity contribution is 6.80. The van der Waals surface area contributed by atoms with Gasteiger partial charge in [0.1, 0.15) is 16.5 Å². The van der Waals surface area contributed by atoms with Crippen molar-refractivity contribution in [3.05, 3.63) is 94.0 Å². The Kier molecular flexibility index (Phi) is 11.0. The zero-order valence-electron chi connectivity index (χ0n) is 29.4. The zero-order valence-corrected chi connectivity index (χ0v) is 31.4. The van der Waals surface area contributed by atoms with Crippen molar-refractivity contribution in [2.75, 3.05) is 9.13 Å². The van der Waals surface area contributed by atoms with E-state index in [1.807, 2.05) is 0 Å². The van der Waals surface area contributed by atoms with Crippen molar-refractivity contribution in [3.63, 3.8) is 0 Å². The summed E-state index contributed by atoms with van der Waals surface area (Å²) < 4.78 is 5.57. The third-order valence-corrected chi connectivity index (χ3v) is 12.6. The van der Waals surface area contributed by atoms with Gasteiger partial charge in [-0.2, -0.15) is 0 Å². The Hall–Kier alpha value is -2.31. The summed E-state index contributed by atoms with van der Waals surface area (Å²) in [6.07, 6.45) is 0. The first kappa shape index (κ1) is 34.2. The van der Waals surface area contributed by atoms with Gasteiger partial charge in [0.15, 0.2) is 0 Å². The Balaban J connectivity index is 2.02. The first-order valence-electron chi connectivity index (χ1n) is 16.3. The molecular formula is C38H60N2Si2. The van der Waals surface area contributed by atoms with Crippen LogP contribution in [-0.4, -0.2) is 16.5 Å². The second-order valence-electron chi connectivity index (χ2n) is 15.5. The minimum absolute atomic E-state index is 0.497. The number of anilines is 2. The zero-order chi connectivity index (χ0) is 31.6. The first-order valence-corrected chi connectivity index (χ1v) is 23.2. The van der Waals surface area contributed by atoms with E-state index in [4.69, 9.17) is 0 Å². The smallest absolute Gasteiger partial charge is 0.147 e. The fourth-order valence-corrected chi connectivity index (χ4v) is 9.24. The molecule has 42 heavy (non-hydrogen) atoms. The summed E-state index contributed by atoms with van der Waals surface area (Å²) in [4.78, 5) is 0. The lowest BCUT2D eigenvalue weighted by molar-refractivity contribution is 0.816. The monoisotopic (exact) mass is 600 g/mol. The molecule has 0 spiro atoms. The van der Waals surface area contributed by atoms with Crippen molar-refractivity contribution in [2.24, 2.45) is 0 Å². The fourth-order valence-electron chi connectivity index (χ4n) is 6.07. The van der Waals surface area contributed by atoms with Gasteiger partial charge in [0.2, 0.25) is 0 Å². The number of hydrogen-bond acceptors (Lipinski definition) is 2. The Labute approximate surface area is 261 Å². The highest BCUT2D eigenvalue weighted by atomic mass is 28.3. The summed E-state index contributed by atoms with van der Waals surface area (Å²) in [6.45, 7) is 35.6. The van der Waals surface area contributed by atoms with Crippen LogP contribution < -0.4 is 9.13 Å². The first-order chi connectivity index (χ1) is 19.4. The molecule has 0 radical (unpaired) electrons. The van der Waals surface area contributed by atoms with E-state index in [0.717, 1.165) is 13.1 Å². The summed E-state index contributed by atoms with van der Waals surface area (Å²) >= 11 is 0. The standard InChI is InChI=1S/C38H60N2Si2/c1-27(2)33-17-15-18-34(28(3)4)37(33)39(41(9,10)11)25-31-21-23-32(24-22-31)26-40(42(12,13)14)38-35(29(5)6)19-16-20-36(38)30(7)8/h15-24,27-30H,25-26H2,1-14H3. The van der Waals surface area contributed by atoms with Crippen molar-refractivity contribution < 1.29 is 0 Å². The van der Waals surface area contributed by atoms with E-state index in [2.05, 4.69) is 164 Å². The second-order valence-corrected chi connectivity index (χ2v) is 25.3. The minimum Gasteiger partial charge on any atom is -0.394 e. The minimum atomic E-state index is -1.68. The molecule has 0 unspecified atom stereocenters. The lowest BCUT2D eigenvalue weighted by Gasteiger charge is -2.41. The van der Waals surface area contributed by atoms with Crippen LogP contribution in [0.15, 0.2) is 60.7 Å². The van der Waals surface area contributed by atoms with Gasteiger partial charge in [0.25, 0.3) is 0 Å². The van der Waals surface area contributed by atoms with Crippen LogP contribution in [-0.2, 0) is 13.1 Å². The molecule has 4 heteroatoms. The Morgan fingerprint density at radius 1 is 0.429 bits per heavy atom. The molecule has 0 aliphatic carbocycles. The maximum absolute atomic E-state index is 2.79. The van der Waals surface area contributed by atoms with Crippen LogP contribution in [0, 0.1) is 0 Å². The third kappa shape index (κ3) is 7.99. The van der Waals surface area contributed by atoms with Crippen LogP contribution in [0.3, 0.4) is 0 Å². The van der Waals surface area contributed by atoms with Crippen molar-refractivity contribution in [2.45, 2.75) is 131 Å². The van der Waals surface area contributed by atoms with E-state index in [1.165, 1.54) is 44.8 Å². The van der Waals surface area contributed by atoms with Crippen molar-refractivity contribution in [1.29, 1.82) is 0 Å². The Morgan fingerprint density at radius 2 is 0.667 bits per heavy atom. The van der Waals surface area contributed by atoms with Gasteiger partial charge in [-0.05, 0) is 57.1 Å². The number of rotatable bonds is 12. The molecule has 0 heterocycles. The van der Waals surface area contributed by atoms with E-state index in [1.54, 1.807) is 0 Å². The summed E-state index contributed by atoms with van der Waals surface area (Å²) in [7, 11) is -3.35. The Morgan fingerprint density at radius 3 is 0.857 bits per heavy atom. The molecule has 230 valence electrons. The lowest BCUT2D eigenvalue weighted by Crippen LogP contribution is -2.47. The van der Waals surface area contributed by atoms with Gasteiger partial charge in [-0.1, -0.05) is 155 Å². The van der Waals surface area contributed by atoms with Crippen LogP contribution in [0.5, 0.6) is 0 Å². The average molecular weight is 601 g/mol. The van der Waals surface area contributed by atoms with Gasteiger partial charge >= 0.3 is 0 Å². The van der Waals surface area contributed by atoms with E-state index in [0.29, 0.717) is 23.7 Å². The summed E-state index contributed by atoms with van der Waals surface area (Å²) in [6, 6.07) is 23.5. The van der Waals surface area contributed by atoms with Gasteiger partial charge in [0.05, 0.1) is 0 Å². The average Bonchev–Trinajstić information content (AvgIpc) is 2.88. The van der Waals surface area contributed by atoms with Crippen LogP contribution in [0.2, 0.25) is 39.3 Å². The van der Waals surface area contributed by atoms with Crippen LogP contribution in [0.25, 0.3) is 0 Å². The van der Waals surface area contributed by atoms with Crippen molar-refractivity contribution in [3.8, 4) is 0 Å². The molecule has 0 saturated carbocycles. The predicted molar refractivity (Wildman–Crippen MR) is 195 cm³/mol. The maximum Gasteiger partial charge on any atom is 0.147 e. The quantitative estimate of drug-likeness (QED) is 0.191. The molecular weight excluding hydrogens is 541 g/mol. The fraction of sp³-hybridized carbons (Fsp3) is 0.526. The van der Waals surface area contributed by atoms with Gasteiger partial charge in [0, 0.05) is 24.5 Å². The van der Waals surface area contributed by atoms with Crippen LogP contribution in [0.1, 0.15) is 112 Å². The molecule has 0 fully saturated rings. The van der Waals surface area contributed by atoms with Crippen LogP contribution >= 0.6 is 0 Å². The molecule has 0 N–H and O–H groups in total. The molecule has 0 amide bonds. The lowest BCUT2D eigenvalue weighted by atomic mass is 9.92. The van der Waals surface area contributed by atoms with Crippen molar-refractivity contribution >= 4 is 27.8 Å². The number of hydrogen-bond donors (Lipinski definition) is 0. The molecule has 3 rings (SSSR count). The largest absolute Gasteiger partial charge is 0.394 e. The molecule has 2 nitrogen and oxygen atoms in total. The summed E-state index contributed by atoms with van der Waals surface area (Å²) in [5.41, 5.74) is 11.7. The molecule has 3 aromatic carbocycles. The molecule has 0 saturated heterocycles. The SMILES string of the molecule is CC(C)c1cccc(C(C)C)c1N(Cc1ccc(CN(c2c(C(C)C)cccc2C(C)C)[Si](C)(C)C)cc1)[Si](C)(C)C. The van der Waals surface area contributed by atoms with E-state index >= 15 is 0 Å². The topological polar surface area (TPSA) is 6.48 Å². The maximum atomic E-state index is 2.79. The molecule has 0 aromatic heterocycles. The summed E-state index contributed by atoms with van der Waals surface area (Å²) in [5.74, 6) is 1.99. The van der Waals surface area contributed by atoms with Gasteiger partial charge in [-0.3, -0.25) is 0 Å². The Bertz CT molecular complexity index is 1150. The molecule has 3 aromatic rings. The highest BCUT2D eigenvalue weighted by Crippen LogP contribution is 2.40. The van der Waals surface area contributed by atoms with E-state index in [-0.39, 0.29) is 0 Å². The van der Waals surface area contributed by atoms with E-state index < -0.39 is 16.5 Å². The van der Waals surface area contributed by atoms with E-state index in [9.17, 15) is 0 Å². The van der Waals surface area contributed by atoms with Gasteiger partial charge in [-0.15, -0.1) is 0 Å². The number of benzene rings is 3. The number of para-hydroxylation sites is 2. The summed E-state index contributed by atoms with van der Waals surface area (Å²) in [5, 5.41) is 0. The predicted octanol–water partition coefficient (Wildman–Crippen LogP) is 11.9. The molecule has 0 bridgehead atoms. The third-order valence-electron chi connectivity index (χ3n) is 8.55. The van der Waals surface area contributed by atoms with Gasteiger partial charge < -0.3 is 9.13 Å². The molecule has 0 aliphatic rings. The number of nitrogens with zero attached hydrogens (tertiary/aromatic N) is 2. The van der Waals surface area contributed by atoms with Gasteiger partial charge in [-0.25, -0.2) is 0 Å². The molecule has 0 aliphatic heterocycles. The van der Waals surface area contributed by atoms with Crippen LogP contribution in [0.4, 0.5) is 11.4 Å². The highest BCUT2D eigenvalue weighted by Gasteiger charge is 2.31. The second kappa shape index (κ2) is 13.6. The molecule has 0 atom stereocenters. The van der Waals surface area contributed by atoms with Crippen molar-refractivity contribution in [1.82, 2.24) is 0 Å².